The number of benzene rings is 2. The standard InChI is InChI=1S/C26H30N4O4/c1-17(32)30-16-26(10-12-29(13-11-26)25(33)27-18-6-4-3-5-7-18)23-20-9-8-19(34-2)14-21(20)28-24(23)22(30)15-31/h3-9,14,22,28,31H,10-13,15-16H2,1-2H3,(H,27,33)/t22-/m0/s1. The van der Waals surface area contributed by atoms with Crippen LogP contribution in [0.4, 0.5) is 10.5 Å². The zero-order chi connectivity index (χ0) is 23.9. The van der Waals surface area contributed by atoms with E-state index in [1.807, 2.05) is 47.4 Å². The Morgan fingerprint density at radius 3 is 2.56 bits per heavy atom. The minimum Gasteiger partial charge on any atom is -0.497 e. The first-order valence-corrected chi connectivity index (χ1v) is 11.6. The normalized spacial score (nSPS) is 19.2. The van der Waals surface area contributed by atoms with E-state index < -0.39 is 6.04 Å². The fourth-order valence-corrected chi connectivity index (χ4v) is 5.61. The Hall–Kier alpha value is -3.52. The summed E-state index contributed by atoms with van der Waals surface area (Å²) >= 11 is 0. The third-order valence-electron chi connectivity index (χ3n) is 7.36. The predicted octanol–water partition coefficient (Wildman–Crippen LogP) is 3.64. The summed E-state index contributed by atoms with van der Waals surface area (Å²) in [5, 5.41) is 14.3. The molecule has 2 aromatic carbocycles. The van der Waals surface area contributed by atoms with Crippen molar-refractivity contribution >= 4 is 28.5 Å². The van der Waals surface area contributed by atoms with Gasteiger partial charge in [0.25, 0.3) is 0 Å². The number of aliphatic hydroxyl groups excluding tert-OH is 1. The second-order valence-corrected chi connectivity index (χ2v) is 9.23. The minimum atomic E-state index is -0.420. The second kappa shape index (κ2) is 8.68. The van der Waals surface area contributed by atoms with Gasteiger partial charge in [0, 0.05) is 60.3 Å². The van der Waals surface area contributed by atoms with Crippen molar-refractivity contribution in [2.45, 2.75) is 31.2 Å². The molecule has 178 valence electrons. The molecule has 1 aromatic heterocycles. The smallest absolute Gasteiger partial charge is 0.321 e. The van der Waals surface area contributed by atoms with Gasteiger partial charge in [0.15, 0.2) is 0 Å². The Bertz CT molecular complexity index is 1210. The number of piperidine rings is 1. The largest absolute Gasteiger partial charge is 0.497 e. The highest BCUT2D eigenvalue weighted by molar-refractivity contribution is 5.90. The maximum atomic E-state index is 12.9. The van der Waals surface area contributed by atoms with Crippen LogP contribution in [0.3, 0.4) is 0 Å². The minimum absolute atomic E-state index is 0.0652. The second-order valence-electron chi connectivity index (χ2n) is 9.23. The Morgan fingerprint density at radius 1 is 1.18 bits per heavy atom. The lowest BCUT2D eigenvalue weighted by Crippen LogP contribution is -2.55. The lowest BCUT2D eigenvalue weighted by Gasteiger charge is -2.50. The molecule has 0 unspecified atom stereocenters. The molecule has 0 aliphatic carbocycles. The monoisotopic (exact) mass is 462 g/mol. The van der Waals surface area contributed by atoms with Crippen LogP contribution in [-0.4, -0.2) is 65.2 Å². The van der Waals surface area contributed by atoms with Gasteiger partial charge in [0.1, 0.15) is 5.75 Å². The van der Waals surface area contributed by atoms with E-state index in [9.17, 15) is 14.7 Å². The molecule has 1 atom stereocenters. The fraction of sp³-hybridized carbons (Fsp3) is 0.385. The van der Waals surface area contributed by atoms with Gasteiger partial charge in [0.05, 0.1) is 19.8 Å². The highest BCUT2D eigenvalue weighted by atomic mass is 16.5. The number of carbonyl (C=O) groups excluding carboxylic acids is 2. The van der Waals surface area contributed by atoms with Crippen molar-refractivity contribution in [2.24, 2.45) is 0 Å². The number of aromatic amines is 1. The molecule has 5 rings (SSSR count). The molecule has 3 heterocycles. The summed E-state index contributed by atoms with van der Waals surface area (Å²) in [6, 6.07) is 14.9. The number of para-hydroxylation sites is 1. The molecule has 0 bridgehead atoms. The number of methoxy groups -OCH3 is 1. The molecule has 8 heteroatoms. The van der Waals surface area contributed by atoms with Crippen molar-refractivity contribution in [1.29, 1.82) is 0 Å². The van der Waals surface area contributed by atoms with Gasteiger partial charge in [-0.3, -0.25) is 4.79 Å². The topological polar surface area (TPSA) is 97.9 Å². The number of likely N-dealkylation sites (tertiary alicyclic amines) is 1. The van der Waals surface area contributed by atoms with E-state index in [4.69, 9.17) is 4.74 Å². The Labute approximate surface area is 198 Å². The molecular formula is C26H30N4O4. The first kappa shape index (κ1) is 22.3. The summed E-state index contributed by atoms with van der Waals surface area (Å²) in [7, 11) is 1.63. The van der Waals surface area contributed by atoms with Crippen molar-refractivity contribution < 1.29 is 19.4 Å². The third-order valence-corrected chi connectivity index (χ3v) is 7.36. The SMILES string of the molecule is COc1ccc2c3c([nH]c2c1)[C@H](CO)N(C(C)=O)CC31CCN(C(=O)Nc2ccccc2)CC1. The number of anilines is 1. The van der Waals surface area contributed by atoms with Crippen LogP contribution in [0.2, 0.25) is 0 Å². The van der Waals surface area contributed by atoms with Crippen molar-refractivity contribution in [3.05, 3.63) is 59.8 Å². The molecule has 0 radical (unpaired) electrons. The summed E-state index contributed by atoms with van der Waals surface area (Å²) < 4.78 is 5.41. The van der Waals surface area contributed by atoms with E-state index in [-0.39, 0.29) is 24.0 Å². The van der Waals surface area contributed by atoms with E-state index in [2.05, 4.69) is 16.4 Å². The van der Waals surface area contributed by atoms with Gasteiger partial charge < -0.3 is 29.9 Å². The zero-order valence-corrected chi connectivity index (χ0v) is 19.5. The number of nitrogens with one attached hydrogen (secondary N) is 2. The molecule has 3 aromatic rings. The number of H-pyrrole nitrogens is 1. The van der Waals surface area contributed by atoms with E-state index in [0.717, 1.165) is 46.4 Å². The van der Waals surface area contributed by atoms with Crippen LogP contribution in [0.15, 0.2) is 48.5 Å². The Balaban J connectivity index is 1.49. The molecule has 3 N–H and O–H groups in total. The van der Waals surface area contributed by atoms with Crippen LogP contribution < -0.4 is 10.1 Å². The number of nitrogens with zero attached hydrogens (tertiary/aromatic N) is 2. The molecule has 1 fully saturated rings. The number of ether oxygens (including phenoxy) is 1. The highest BCUT2D eigenvalue weighted by Crippen LogP contribution is 2.49. The summed E-state index contributed by atoms with van der Waals surface area (Å²) in [6.07, 6.45) is 1.45. The molecule has 1 spiro atoms. The number of fused-ring (bicyclic) bond motifs is 4. The lowest BCUT2D eigenvalue weighted by atomic mass is 9.68. The quantitative estimate of drug-likeness (QED) is 0.554. The summed E-state index contributed by atoms with van der Waals surface area (Å²) in [4.78, 5) is 32.6. The first-order valence-electron chi connectivity index (χ1n) is 11.6. The summed E-state index contributed by atoms with van der Waals surface area (Å²) in [5.41, 5.74) is 3.44. The van der Waals surface area contributed by atoms with E-state index in [0.29, 0.717) is 19.6 Å². The van der Waals surface area contributed by atoms with E-state index in [1.165, 1.54) is 0 Å². The summed E-state index contributed by atoms with van der Waals surface area (Å²) in [5.74, 6) is 0.682. The van der Waals surface area contributed by atoms with Gasteiger partial charge in [-0.2, -0.15) is 0 Å². The number of urea groups is 1. The van der Waals surface area contributed by atoms with Crippen molar-refractivity contribution in [1.82, 2.24) is 14.8 Å². The first-order chi connectivity index (χ1) is 16.5. The molecule has 2 aliphatic heterocycles. The van der Waals surface area contributed by atoms with Crippen LogP contribution >= 0.6 is 0 Å². The van der Waals surface area contributed by atoms with Crippen LogP contribution in [0.5, 0.6) is 5.75 Å². The average molecular weight is 463 g/mol. The van der Waals surface area contributed by atoms with Gasteiger partial charge in [-0.1, -0.05) is 18.2 Å². The Morgan fingerprint density at radius 2 is 1.91 bits per heavy atom. The van der Waals surface area contributed by atoms with E-state index in [1.54, 1.807) is 18.9 Å². The van der Waals surface area contributed by atoms with Gasteiger partial charge in [-0.15, -0.1) is 0 Å². The fourth-order valence-electron chi connectivity index (χ4n) is 5.61. The number of hydrogen-bond acceptors (Lipinski definition) is 4. The van der Waals surface area contributed by atoms with Gasteiger partial charge in [-0.05, 0) is 42.7 Å². The zero-order valence-electron chi connectivity index (χ0n) is 19.5. The van der Waals surface area contributed by atoms with Crippen LogP contribution in [-0.2, 0) is 10.2 Å². The Kier molecular flexibility index (Phi) is 5.69. The predicted molar refractivity (Wildman–Crippen MR) is 130 cm³/mol. The lowest BCUT2D eigenvalue weighted by molar-refractivity contribution is -0.134. The van der Waals surface area contributed by atoms with Crippen molar-refractivity contribution in [3.63, 3.8) is 0 Å². The van der Waals surface area contributed by atoms with Gasteiger partial charge in [-0.25, -0.2) is 4.79 Å². The van der Waals surface area contributed by atoms with Crippen molar-refractivity contribution in [3.8, 4) is 5.75 Å². The maximum Gasteiger partial charge on any atom is 0.321 e. The molecule has 3 amide bonds. The van der Waals surface area contributed by atoms with Crippen molar-refractivity contribution in [2.75, 3.05) is 38.7 Å². The molecule has 2 aliphatic rings. The molecule has 1 saturated heterocycles. The van der Waals surface area contributed by atoms with Gasteiger partial charge in [0.2, 0.25) is 5.91 Å². The molecule has 34 heavy (non-hydrogen) atoms. The number of amides is 3. The number of aromatic nitrogens is 1. The summed E-state index contributed by atoms with van der Waals surface area (Å²) in [6.45, 7) is 3.08. The van der Waals surface area contributed by atoms with Gasteiger partial charge >= 0.3 is 6.03 Å². The third kappa shape index (κ3) is 3.68. The highest BCUT2D eigenvalue weighted by Gasteiger charge is 2.48. The number of hydrogen-bond donors (Lipinski definition) is 3. The maximum absolute atomic E-state index is 12.9. The number of carbonyl (C=O) groups is 2. The van der Waals surface area contributed by atoms with Crippen LogP contribution in [0.1, 0.15) is 37.1 Å². The molecular weight excluding hydrogens is 432 g/mol. The molecule has 0 saturated carbocycles. The molecule has 8 nitrogen and oxygen atoms in total. The number of aliphatic hydroxyl groups is 1. The number of rotatable bonds is 3. The van der Waals surface area contributed by atoms with Crippen LogP contribution in [0, 0.1) is 0 Å². The average Bonchev–Trinajstić information content (AvgIpc) is 3.24. The van der Waals surface area contributed by atoms with E-state index >= 15 is 0 Å². The van der Waals surface area contributed by atoms with Crippen LogP contribution in [0.25, 0.3) is 10.9 Å².